The molecule has 0 bridgehead atoms. The third kappa shape index (κ3) is 3.28. The number of hydrogen-bond donors (Lipinski definition) is 0. The van der Waals surface area contributed by atoms with Gasteiger partial charge in [0.2, 0.25) is 11.8 Å². The number of anilines is 1. The molecule has 0 spiro atoms. The molecule has 4 nitrogen and oxygen atoms in total. The standard InChI is InChI=1S/C16H21BrN2O2/c1-4-18(5-2)16(21)12-9-15(20)19(10-12)14-7-6-11(3)8-13(14)17/h6-8,12H,4-5,9-10H2,1-3H3. The number of hydrogen-bond acceptors (Lipinski definition) is 2. The molecule has 5 heteroatoms. The number of halogens is 1. The molecule has 0 aliphatic carbocycles. The molecule has 1 aliphatic heterocycles. The SMILES string of the molecule is CCN(CC)C(=O)C1CC(=O)N(c2ccc(C)cc2Br)C1. The van der Waals surface area contributed by atoms with Crippen molar-refractivity contribution in [1.82, 2.24) is 4.90 Å². The van der Waals surface area contributed by atoms with Crippen LogP contribution in [0.15, 0.2) is 22.7 Å². The molecule has 1 heterocycles. The van der Waals surface area contributed by atoms with Crippen LogP contribution in [0.3, 0.4) is 0 Å². The number of benzene rings is 1. The van der Waals surface area contributed by atoms with E-state index in [0.29, 0.717) is 26.1 Å². The van der Waals surface area contributed by atoms with Crippen molar-refractivity contribution < 1.29 is 9.59 Å². The molecule has 0 N–H and O–H groups in total. The van der Waals surface area contributed by atoms with Crippen LogP contribution in [0.5, 0.6) is 0 Å². The van der Waals surface area contributed by atoms with Crippen molar-refractivity contribution in [1.29, 1.82) is 0 Å². The minimum Gasteiger partial charge on any atom is -0.343 e. The van der Waals surface area contributed by atoms with Gasteiger partial charge in [-0.25, -0.2) is 0 Å². The first kappa shape index (κ1) is 16.0. The van der Waals surface area contributed by atoms with Crippen molar-refractivity contribution in [2.45, 2.75) is 27.2 Å². The Bertz CT molecular complexity index is 555. The van der Waals surface area contributed by atoms with Gasteiger partial charge in [-0.1, -0.05) is 6.07 Å². The maximum absolute atomic E-state index is 12.4. The van der Waals surface area contributed by atoms with Gasteiger partial charge in [-0.3, -0.25) is 9.59 Å². The third-order valence-corrected chi connectivity index (χ3v) is 4.58. The Balaban J connectivity index is 2.18. The molecule has 1 aromatic carbocycles. The number of amides is 2. The third-order valence-electron chi connectivity index (χ3n) is 3.94. The summed E-state index contributed by atoms with van der Waals surface area (Å²) in [4.78, 5) is 28.2. The molecule has 2 amide bonds. The van der Waals surface area contributed by atoms with E-state index in [4.69, 9.17) is 0 Å². The molecule has 1 aliphatic rings. The zero-order valence-electron chi connectivity index (χ0n) is 12.7. The summed E-state index contributed by atoms with van der Waals surface area (Å²) >= 11 is 3.51. The maximum atomic E-state index is 12.4. The first-order valence-electron chi connectivity index (χ1n) is 7.33. The summed E-state index contributed by atoms with van der Waals surface area (Å²) < 4.78 is 0.895. The van der Waals surface area contributed by atoms with Gasteiger partial charge in [0.15, 0.2) is 0 Å². The van der Waals surface area contributed by atoms with E-state index in [0.717, 1.165) is 15.7 Å². The molecule has 1 unspecified atom stereocenters. The number of carbonyl (C=O) groups excluding carboxylic acids is 2. The lowest BCUT2D eigenvalue weighted by Crippen LogP contribution is -2.37. The summed E-state index contributed by atoms with van der Waals surface area (Å²) in [6.07, 6.45) is 0.301. The fourth-order valence-corrected chi connectivity index (χ4v) is 3.44. The van der Waals surface area contributed by atoms with Gasteiger partial charge in [0.1, 0.15) is 0 Å². The van der Waals surface area contributed by atoms with Crippen molar-refractivity contribution in [3.63, 3.8) is 0 Å². The van der Waals surface area contributed by atoms with Crippen LogP contribution in [0.1, 0.15) is 25.8 Å². The minimum absolute atomic E-state index is 0.0186. The molecule has 2 rings (SSSR count). The maximum Gasteiger partial charge on any atom is 0.227 e. The molecule has 1 aromatic rings. The highest BCUT2D eigenvalue weighted by Gasteiger charge is 2.37. The molecular weight excluding hydrogens is 332 g/mol. The normalized spacial score (nSPS) is 18.2. The highest BCUT2D eigenvalue weighted by atomic mass is 79.9. The van der Waals surface area contributed by atoms with E-state index < -0.39 is 0 Å². The average Bonchev–Trinajstić information content (AvgIpc) is 2.82. The van der Waals surface area contributed by atoms with Crippen LogP contribution in [-0.4, -0.2) is 36.3 Å². The highest BCUT2D eigenvalue weighted by molar-refractivity contribution is 9.10. The number of nitrogens with zero attached hydrogens (tertiary/aromatic N) is 2. The van der Waals surface area contributed by atoms with Crippen molar-refractivity contribution in [3.05, 3.63) is 28.2 Å². The van der Waals surface area contributed by atoms with Gasteiger partial charge in [-0.05, 0) is 54.4 Å². The topological polar surface area (TPSA) is 40.6 Å². The molecule has 0 saturated carbocycles. The van der Waals surface area contributed by atoms with Crippen LogP contribution >= 0.6 is 15.9 Å². The van der Waals surface area contributed by atoms with E-state index in [1.165, 1.54) is 0 Å². The minimum atomic E-state index is -0.231. The fourth-order valence-electron chi connectivity index (χ4n) is 2.73. The van der Waals surface area contributed by atoms with Gasteiger partial charge >= 0.3 is 0 Å². The van der Waals surface area contributed by atoms with Gasteiger partial charge < -0.3 is 9.80 Å². The predicted molar refractivity (Wildman–Crippen MR) is 87.3 cm³/mol. The lowest BCUT2D eigenvalue weighted by molar-refractivity contribution is -0.135. The Morgan fingerprint density at radius 2 is 2.05 bits per heavy atom. The predicted octanol–water partition coefficient (Wildman–Crippen LogP) is 2.98. The van der Waals surface area contributed by atoms with Gasteiger partial charge in [-0.15, -0.1) is 0 Å². The van der Waals surface area contributed by atoms with Crippen molar-refractivity contribution >= 4 is 33.4 Å². The van der Waals surface area contributed by atoms with Crippen LogP contribution in [-0.2, 0) is 9.59 Å². The second-order valence-corrected chi connectivity index (χ2v) is 6.23. The van der Waals surface area contributed by atoms with Crippen molar-refractivity contribution in [3.8, 4) is 0 Å². The molecule has 0 aromatic heterocycles. The Morgan fingerprint density at radius 3 is 2.62 bits per heavy atom. The monoisotopic (exact) mass is 352 g/mol. The van der Waals surface area contributed by atoms with Crippen molar-refractivity contribution in [2.24, 2.45) is 5.92 Å². The summed E-state index contributed by atoms with van der Waals surface area (Å²) in [5.74, 6) is -0.130. The Hall–Kier alpha value is -1.36. The number of rotatable bonds is 4. The van der Waals surface area contributed by atoms with Gasteiger partial charge in [0, 0.05) is 30.5 Å². The summed E-state index contributed by atoms with van der Waals surface area (Å²) in [5.41, 5.74) is 1.98. The molecule has 1 fully saturated rings. The number of aryl methyl sites for hydroxylation is 1. The summed E-state index contributed by atoms with van der Waals surface area (Å²) in [7, 11) is 0. The van der Waals surface area contributed by atoms with E-state index in [9.17, 15) is 9.59 Å². The van der Waals surface area contributed by atoms with E-state index in [1.807, 2.05) is 39.0 Å². The molecule has 1 saturated heterocycles. The lowest BCUT2D eigenvalue weighted by atomic mass is 10.1. The van der Waals surface area contributed by atoms with E-state index in [1.54, 1.807) is 9.80 Å². The molecule has 0 radical (unpaired) electrons. The molecule has 21 heavy (non-hydrogen) atoms. The largest absolute Gasteiger partial charge is 0.343 e. The average molecular weight is 353 g/mol. The first-order valence-corrected chi connectivity index (χ1v) is 8.12. The molecule has 114 valence electrons. The van der Waals surface area contributed by atoms with Gasteiger partial charge in [0.25, 0.3) is 0 Å². The zero-order chi connectivity index (χ0) is 15.6. The zero-order valence-corrected chi connectivity index (χ0v) is 14.3. The van der Waals surface area contributed by atoms with Crippen LogP contribution in [0.4, 0.5) is 5.69 Å². The van der Waals surface area contributed by atoms with E-state index in [2.05, 4.69) is 15.9 Å². The summed E-state index contributed by atoms with van der Waals surface area (Å²) in [6.45, 7) is 7.78. The van der Waals surface area contributed by atoms with Crippen molar-refractivity contribution in [2.75, 3.05) is 24.5 Å². The van der Waals surface area contributed by atoms with Crippen LogP contribution in [0.2, 0.25) is 0 Å². The first-order chi connectivity index (χ1) is 9.97. The second kappa shape index (κ2) is 6.60. The molecular formula is C16H21BrN2O2. The Morgan fingerprint density at radius 1 is 1.38 bits per heavy atom. The fraction of sp³-hybridized carbons (Fsp3) is 0.500. The Kier molecular flexibility index (Phi) is 5.04. The number of carbonyl (C=O) groups is 2. The summed E-state index contributed by atoms with van der Waals surface area (Å²) in [6, 6.07) is 5.90. The van der Waals surface area contributed by atoms with Crippen LogP contribution < -0.4 is 4.90 Å². The highest BCUT2D eigenvalue weighted by Crippen LogP contribution is 2.32. The van der Waals surface area contributed by atoms with Crippen LogP contribution in [0.25, 0.3) is 0 Å². The van der Waals surface area contributed by atoms with Gasteiger partial charge in [0.05, 0.1) is 11.6 Å². The summed E-state index contributed by atoms with van der Waals surface area (Å²) in [5, 5.41) is 0. The van der Waals surface area contributed by atoms with E-state index >= 15 is 0 Å². The van der Waals surface area contributed by atoms with Gasteiger partial charge in [-0.2, -0.15) is 0 Å². The quantitative estimate of drug-likeness (QED) is 0.835. The second-order valence-electron chi connectivity index (χ2n) is 5.37. The van der Waals surface area contributed by atoms with Crippen LogP contribution in [0, 0.1) is 12.8 Å². The molecule has 1 atom stereocenters. The van der Waals surface area contributed by atoms with E-state index in [-0.39, 0.29) is 17.7 Å². The lowest BCUT2D eigenvalue weighted by Gasteiger charge is -2.23. The smallest absolute Gasteiger partial charge is 0.227 e. The Labute approximate surface area is 134 Å².